The van der Waals surface area contributed by atoms with Crippen LogP contribution in [0.3, 0.4) is 0 Å². The molecule has 0 amide bonds. The molecule has 2 aromatic carbocycles. The van der Waals surface area contributed by atoms with Gasteiger partial charge in [0, 0.05) is 17.0 Å². The van der Waals surface area contributed by atoms with E-state index in [9.17, 15) is 9.59 Å². The van der Waals surface area contributed by atoms with Crippen LogP contribution in [0.25, 0.3) is 11.0 Å². The molecule has 1 heterocycles. The lowest BCUT2D eigenvalue weighted by molar-refractivity contribution is 0.0979. The molecule has 3 aromatic rings. The zero-order valence-corrected chi connectivity index (χ0v) is 15.2. The number of carbonyl (C=O) groups excluding carboxylic acids is 1. The predicted octanol–water partition coefficient (Wildman–Crippen LogP) is 3.69. The fraction of sp³-hybridized carbons (Fsp3) is 0.300. The molecule has 0 aliphatic carbocycles. The molecule has 0 fully saturated rings. The summed E-state index contributed by atoms with van der Waals surface area (Å²) in [5.41, 5.74) is 2.92. The van der Waals surface area contributed by atoms with E-state index in [1.165, 1.54) is 0 Å². The van der Waals surface area contributed by atoms with E-state index in [0.29, 0.717) is 23.0 Å². The molecule has 5 nitrogen and oxygen atoms in total. The first-order chi connectivity index (χ1) is 12.6. The minimum atomic E-state index is -0.257. The van der Waals surface area contributed by atoms with Gasteiger partial charge in [-0.05, 0) is 62.2 Å². The number of H-pyrrole nitrogens is 2. The molecule has 0 spiro atoms. The second kappa shape index (κ2) is 8.83. The summed E-state index contributed by atoms with van der Waals surface area (Å²) in [4.78, 5) is 28.9. The number of ketones is 1. The summed E-state index contributed by atoms with van der Waals surface area (Å²) in [6, 6.07) is 13.1. The van der Waals surface area contributed by atoms with Crippen LogP contribution < -0.4 is 11.0 Å². The molecule has 0 saturated carbocycles. The van der Waals surface area contributed by atoms with Crippen molar-refractivity contribution in [3.05, 3.63) is 69.1 Å². The molecule has 3 N–H and O–H groups in total. The van der Waals surface area contributed by atoms with Crippen molar-refractivity contribution in [2.45, 2.75) is 25.7 Å². The van der Waals surface area contributed by atoms with E-state index in [0.717, 1.165) is 42.9 Å². The zero-order chi connectivity index (χ0) is 18.4. The smallest absolute Gasteiger partial charge is 0.316 e. The molecule has 26 heavy (non-hydrogen) atoms. The highest BCUT2D eigenvalue weighted by atomic mass is 35.5. The van der Waals surface area contributed by atoms with E-state index in [4.69, 9.17) is 11.6 Å². The lowest BCUT2D eigenvalue weighted by Crippen LogP contribution is -2.18. The molecule has 0 atom stereocenters. The molecule has 0 saturated heterocycles. The van der Waals surface area contributed by atoms with Gasteiger partial charge < -0.3 is 15.3 Å². The van der Waals surface area contributed by atoms with E-state index in [1.807, 2.05) is 24.3 Å². The number of aromatic amines is 2. The maximum Gasteiger partial charge on any atom is 0.323 e. The summed E-state index contributed by atoms with van der Waals surface area (Å²) < 4.78 is 0. The number of unbranched alkanes of at least 4 members (excludes halogenated alkanes) is 1. The summed E-state index contributed by atoms with van der Waals surface area (Å²) in [5.74, 6) is 0.102. The van der Waals surface area contributed by atoms with Crippen LogP contribution in [0.4, 0.5) is 0 Å². The highest BCUT2D eigenvalue weighted by molar-refractivity contribution is 6.31. The quantitative estimate of drug-likeness (QED) is 0.396. The summed E-state index contributed by atoms with van der Waals surface area (Å²) >= 11 is 6.13. The number of Topliss-reactive ketones (excluding diaryl/α,β-unsaturated/α-hetero) is 1. The third-order valence-corrected chi connectivity index (χ3v) is 4.74. The molecule has 3 rings (SSSR count). The van der Waals surface area contributed by atoms with Gasteiger partial charge in [-0.2, -0.15) is 0 Å². The van der Waals surface area contributed by atoms with Gasteiger partial charge in [-0.25, -0.2) is 4.79 Å². The van der Waals surface area contributed by atoms with Crippen LogP contribution in [0.1, 0.15) is 35.2 Å². The molecule has 0 unspecified atom stereocenters. The Bertz CT molecular complexity index is 945. The Morgan fingerprint density at radius 2 is 1.81 bits per heavy atom. The van der Waals surface area contributed by atoms with Crippen molar-refractivity contribution in [2.75, 3.05) is 13.1 Å². The van der Waals surface area contributed by atoms with E-state index in [-0.39, 0.29) is 11.5 Å². The summed E-state index contributed by atoms with van der Waals surface area (Å²) in [5, 5.41) is 4.19. The molecule has 0 aliphatic heterocycles. The molecule has 136 valence electrons. The lowest BCUT2D eigenvalue weighted by Gasteiger charge is -2.06. The molecule has 0 radical (unpaired) electrons. The van der Waals surface area contributed by atoms with Crippen molar-refractivity contribution in [3.63, 3.8) is 0 Å². The van der Waals surface area contributed by atoms with Crippen LogP contribution in [0.5, 0.6) is 0 Å². The largest absolute Gasteiger partial charge is 0.323 e. The average Bonchev–Trinajstić information content (AvgIpc) is 3.01. The second-order valence-corrected chi connectivity index (χ2v) is 6.72. The average molecular weight is 372 g/mol. The third kappa shape index (κ3) is 4.84. The third-order valence-electron chi connectivity index (χ3n) is 4.37. The number of carbonyl (C=O) groups is 1. The molecular formula is C20H22ClN3O2. The van der Waals surface area contributed by atoms with Crippen molar-refractivity contribution < 1.29 is 4.79 Å². The molecule has 0 bridgehead atoms. The second-order valence-electron chi connectivity index (χ2n) is 6.31. The van der Waals surface area contributed by atoms with Crippen molar-refractivity contribution in [1.82, 2.24) is 15.3 Å². The van der Waals surface area contributed by atoms with Crippen LogP contribution in [0.2, 0.25) is 5.02 Å². The molecule has 0 aliphatic rings. The number of rotatable bonds is 9. The van der Waals surface area contributed by atoms with Crippen LogP contribution in [0.15, 0.2) is 47.3 Å². The highest BCUT2D eigenvalue weighted by Crippen LogP contribution is 2.15. The van der Waals surface area contributed by atoms with E-state index < -0.39 is 0 Å². The van der Waals surface area contributed by atoms with Gasteiger partial charge in [-0.15, -0.1) is 0 Å². The number of imidazole rings is 1. The van der Waals surface area contributed by atoms with E-state index in [2.05, 4.69) is 15.3 Å². The first-order valence-electron chi connectivity index (χ1n) is 8.83. The van der Waals surface area contributed by atoms with Crippen LogP contribution >= 0.6 is 11.6 Å². The Kier molecular flexibility index (Phi) is 6.26. The fourth-order valence-electron chi connectivity index (χ4n) is 2.94. The number of hydrogen-bond acceptors (Lipinski definition) is 3. The van der Waals surface area contributed by atoms with Gasteiger partial charge in [-0.1, -0.05) is 29.8 Å². The number of aromatic nitrogens is 2. The Balaban J connectivity index is 1.36. The number of nitrogens with one attached hydrogen (secondary N) is 3. The number of fused-ring (bicyclic) bond motifs is 1. The van der Waals surface area contributed by atoms with Crippen molar-refractivity contribution in [2.24, 2.45) is 0 Å². The first kappa shape index (κ1) is 18.4. The molecule has 1 aromatic heterocycles. The molecular weight excluding hydrogens is 350 g/mol. The lowest BCUT2D eigenvalue weighted by atomic mass is 10.0. The van der Waals surface area contributed by atoms with Gasteiger partial charge in [0.2, 0.25) is 0 Å². The van der Waals surface area contributed by atoms with Crippen molar-refractivity contribution >= 4 is 28.4 Å². The number of hydrogen-bond donors (Lipinski definition) is 3. The maximum atomic E-state index is 12.3. The van der Waals surface area contributed by atoms with Gasteiger partial charge in [0.15, 0.2) is 5.78 Å². The van der Waals surface area contributed by atoms with Crippen LogP contribution in [-0.4, -0.2) is 28.8 Å². The van der Waals surface area contributed by atoms with Gasteiger partial charge in [0.25, 0.3) is 0 Å². The Morgan fingerprint density at radius 1 is 1.00 bits per heavy atom. The number of benzene rings is 2. The topological polar surface area (TPSA) is 77.8 Å². The number of halogens is 1. The fourth-order valence-corrected chi connectivity index (χ4v) is 3.17. The van der Waals surface area contributed by atoms with Gasteiger partial charge >= 0.3 is 5.69 Å². The van der Waals surface area contributed by atoms with E-state index in [1.54, 1.807) is 18.2 Å². The van der Waals surface area contributed by atoms with Crippen LogP contribution in [0, 0.1) is 0 Å². The SMILES string of the molecule is O=C(CCCCNCCc1ccccc1Cl)c1ccc2[nH]c(=O)[nH]c2c1. The molecule has 6 heteroatoms. The van der Waals surface area contributed by atoms with Gasteiger partial charge in [0.1, 0.15) is 0 Å². The zero-order valence-electron chi connectivity index (χ0n) is 14.5. The summed E-state index contributed by atoms with van der Waals surface area (Å²) in [7, 11) is 0. The van der Waals surface area contributed by atoms with Crippen molar-refractivity contribution in [3.8, 4) is 0 Å². The van der Waals surface area contributed by atoms with Crippen LogP contribution in [-0.2, 0) is 6.42 Å². The minimum absolute atomic E-state index is 0.102. The van der Waals surface area contributed by atoms with Gasteiger partial charge in [-0.3, -0.25) is 4.79 Å². The van der Waals surface area contributed by atoms with Crippen molar-refractivity contribution in [1.29, 1.82) is 0 Å². The Hall–Kier alpha value is -2.37. The summed E-state index contributed by atoms with van der Waals surface area (Å²) in [6.45, 7) is 1.75. The standard InChI is InChI=1S/C20H22ClN3O2/c21-16-6-2-1-5-14(16)10-12-22-11-4-3-7-19(25)15-8-9-17-18(13-15)24-20(26)23-17/h1-2,5-6,8-9,13,22H,3-4,7,10-12H2,(H2,23,24,26). The first-order valence-corrected chi connectivity index (χ1v) is 9.20. The summed E-state index contributed by atoms with van der Waals surface area (Å²) in [6.07, 6.45) is 3.18. The van der Waals surface area contributed by atoms with Gasteiger partial charge in [0.05, 0.1) is 11.0 Å². The minimum Gasteiger partial charge on any atom is -0.316 e. The monoisotopic (exact) mass is 371 g/mol. The Morgan fingerprint density at radius 3 is 2.65 bits per heavy atom. The predicted molar refractivity (Wildman–Crippen MR) is 105 cm³/mol. The maximum absolute atomic E-state index is 12.3. The Labute approximate surface area is 156 Å². The highest BCUT2D eigenvalue weighted by Gasteiger charge is 2.08. The normalized spacial score (nSPS) is 11.1. The van der Waals surface area contributed by atoms with E-state index >= 15 is 0 Å².